The number of hydrogen-bond donors (Lipinski definition) is 2. The van der Waals surface area contributed by atoms with Crippen molar-refractivity contribution in [1.82, 2.24) is 4.72 Å². The van der Waals surface area contributed by atoms with Gasteiger partial charge in [-0.3, -0.25) is 10.1 Å². The summed E-state index contributed by atoms with van der Waals surface area (Å²) in [5.41, 5.74) is 0.709. The quantitative estimate of drug-likeness (QED) is 0.616. The van der Waals surface area contributed by atoms with E-state index in [2.05, 4.69) is 4.72 Å². The maximum atomic E-state index is 12.1. The van der Waals surface area contributed by atoms with Crippen LogP contribution in [0.4, 0.5) is 5.69 Å². The fraction of sp³-hybridized carbons (Fsp3) is 0.231. The SMILES string of the molecule is Cc1ccsc1C(O)CNS(=O)(=O)c1ccc([N+](=O)[O-])cc1. The van der Waals surface area contributed by atoms with E-state index in [0.717, 1.165) is 29.8 Å². The van der Waals surface area contributed by atoms with Gasteiger partial charge < -0.3 is 5.11 Å². The Hall–Kier alpha value is -1.81. The van der Waals surface area contributed by atoms with Crippen LogP contribution in [-0.4, -0.2) is 25.0 Å². The van der Waals surface area contributed by atoms with E-state index in [1.807, 2.05) is 18.4 Å². The van der Waals surface area contributed by atoms with Crippen LogP contribution in [0.15, 0.2) is 40.6 Å². The van der Waals surface area contributed by atoms with Crippen molar-refractivity contribution in [3.05, 3.63) is 56.3 Å². The first-order valence-corrected chi connectivity index (χ1v) is 8.64. The molecule has 0 saturated heterocycles. The van der Waals surface area contributed by atoms with Crippen LogP contribution in [0.1, 0.15) is 16.5 Å². The molecular weight excluding hydrogens is 328 g/mol. The highest BCUT2D eigenvalue weighted by Crippen LogP contribution is 2.23. The summed E-state index contributed by atoms with van der Waals surface area (Å²) >= 11 is 1.35. The third kappa shape index (κ3) is 3.69. The molecule has 9 heteroatoms. The topological polar surface area (TPSA) is 110 Å². The van der Waals surface area contributed by atoms with Crippen LogP contribution in [0.25, 0.3) is 0 Å². The number of hydrogen-bond acceptors (Lipinski definition) is 6. The summed E-state index contributed by atoms with van der Waals surface area (Å²) in [6, 6.07) is 6.39. The standard InChI is InChI=1S/C13H14N2O5S2/c1-9-6-7-21-13(9)12(16)8-14-22(19,20)11-4-2-10(3-5-11)15(17)18/h2-7,12,14,16H,8H2,1H3. The second-order valence-corrected chi connectivity index (χ2v) is 7.30. The Balaban J connectivity index is 2.08. The first-order chi connectivity index (χ1) is 10.3. The summed E-state index contributed by atoms with van der Waals surface area (Å²) in [7, 11) is -3.83. The highest BCUT2D eigenvalue weighted by Gasteiger charge is 2.19. The third-order valence-electron chi connectivity index (χ3n) is 3.03. The number of nitrogens with zero attached hydrogens (tertiary/aromatic N) is 1. The maximum absolute atomic E-state index is 12.1. The highest BCUT2D eigenvalue weighted by molar-refractivity contribution is 7.89. The van der Waals surface area contributed by atoms with Gasteiger partial charge in [0.2, 0.25) is 10.0 Å². The van der Waals surface area contributed by atoms with Gasteiger partial charge in [0.1, 0.15) is 6.10 Å². The van der Waals surface area contributed by atoms with Crippen LogP contribution >= 0.6 is 11.3 Å². The number of aliphatic hydroxyl groups excluding tert-OH is 1. The minimum absolute atomic E-state index is 0.0896. The highest BCUT2D eigenvalue weighted by atomic mass is 32.2. The van der Waals surface area contributed by atoms with Crippen LogP contribution < -0.4 is 4.72 Å². The van der Waals surface area contributed by atoms with E-state index in [0.29, 0.717) is 4.88 Å². The van der Waals surface area contributed by atoms with E-state index in [1.165, 1.54) is 11.3 Å². The third-order valence-corrected chi connectivity index (χ3v) is 5.59. The Bertz CT molecular complexity index is 768. The molecule has 1 aromatic carbocycles. The number of rotatable bonds is 6. The molecule has 22 heavy (non-hydrogen) atoms. The van der Waals surface area contributed by atoms with E-state index >= 15 is 0 Å². The summed E-state index contributed by atoms with van der Waals surface area (Å²) < 4.78 is 26.5. The molecule has 0 aliphatic heterocycles. The maximum Gasteiger partial charge on any atom is 0.269 e. The Morgan fingerprint density at radius 3 is 2.45 bits per heavy atom. The average Bonchev–Trinajstić information content (AvgIpc) is 2.91. The molecule has 2 rings (SSSR count). The van der Waals surface area contributed by atoms with E-state index in [-0.39, 0.29) is 17.1 Å². The molecule has 2 aromatic rings. The molecule has 0 aliphatic rings. The zero-order chi connectivity index (χ0) is 16.3. The molecule has 0 saturated carbocycles. The summed E-state index contributed by atoms with van der Waals surface area (Å²) in [6.07, 6.45) is -0.937. The first kappa shape index (κ1) is 16.6. The molecule has 0 amide bonds. The molecule has 0 fully saturated rings. The van der Waals surface area contributed by atoms with Gasteiger partial charge in [-0.1, -0.05) is 0 Å². The molecule has 0 aliphatic carbocycles. The monoisotopic (exact) mass is 342 g/mol. The summed E-state index contributed by atoms with van der Waals surface area (Å²) in [6.45, 7) is 1.67. The van der Waals surface area contributed by atoms with Gasteiger partial charge in [-0.15, -0.1) is 11.3 Å². The summed E-state index contributed by atoms with van der Waals surface area (Å²) in [4.78, 5) is 10.6. The van der Waals surface area contributed by atoms with Crippen molar-refractivity contribution in [2.75, 3.05) is 6.54 Å². The lowest BCUT2D eigenvalue weighted by molar-refractivity contribution is -0.384. The van der Waals surface area contributed by atoms with Gasteiger partial charge in [-0.05, 0) is 36.1 Å². The number of benzene rings is 1. The predicted molar refractivity (Wildman–Crippen MR) is 82.3 cm³/mol. The average molecular weight is 342 g/mol. The lowest BCUT2D eigenvalue weighted by Gasteiger charge is -2.12. The smallest absolute Gasteiger partial charge is 0.269 e. The lowest BCUT2D eigenvalue weighted by atomic mass is 10.2. The van der Waals surface area contributed by atoms with Crippen molar-refractivity contribution in [1.29, 1.82) is 0 Å². The fourth-order valence-corrected chi connectivity index (χ4v) is 3.79. The van der Waals surface area contributed by atoms with Crippen molar-refractivity contribution in [3.63, 3.8) is 0 Å². The molecule has 7 nitrogen and oxygen atoms in total. The Morgan fingerprint density at radius 1 is 1.32 bits per heavy atom. The Labute approximate surface area is 131 Å². The number of nitrogens with one attached hydrogen (secondary N) is 1. The minimum Gasteiger partial charge on any atom is -0.386 e. The van der Waals surface area contributed by atoms with Crippen molar-refractivity contribution >= 4 is 27.0 Å². The number of nitro benzene ring substituents is 1. The van der Waals surface area contributed by atoms with Crippen LogP contribution in [0.3, 0.4) is 0 Å². The van der Waals surface area contributed by atoms with Crippen LogP contribution in [0.5, 0.6) is 0 Å². The van der Waals surface area contributed by atoms with Crippen molar-refractivity contribution in [2.24, 2.45) is 0 Å². The van der Waals surface area contributed by atoms with E-state index in [9.17, 15) is 23.6 Å². The molecule has 2 N–H and O–H groups in total. The Kier molecular flexibility index (Phi) is 4.91. The van der Waals surface area contributed by atoms with Gasteiger partial charge in [-0.2, -0.15) is 0 Å². The number of aliphatic hydroxyl groups is 1. The number of thiophene rings is 1. The minimum atomic E-state index is -3.83. The molecular formula is C13H14N2O5S2. The summed E-state index contributed by atoms with van der Waals surface area (Å²) in [5, 5.41) is 22.4. The molecule has 1 aromatic heterocycles. The van der Waals surface area contributed by atoms with E-state index in [1.54, 1.807) is 0 Å². The second-order valence-electron chi connectivity index (χ2n) is 4.59. The van der Waals surface area contributed by atoms with Gasteiger partial charge in [0, 0.05) is 23.6 Å². The van der Waals surface area contributed by atoms with Gasteiger partial charge in [0.25, 0.3) is 5.69 Å². The summed E-state index contributed by atoms with van der Waals surface area (Å²) in [5.74, 6) is 0. The van der Waals surface area contributed by atoms with Crippen molar-refractivity contribution in [3.8, 4) is 0 Å². The molecule has 1 atom stereocenters. The number of nitro groups is 1. The number of non-ortho nitro benzene ring substituents is 1. The molecule has 0 bridgehead atoms. The normalized spacial score (nSPS) is 13.0. The largest absolute Gasteiger partial charge is 0.386 e. The van der Waals surface area contributed by atoms with E-state index in [4.69, 9.17) is 0 Å². The molecule has 0 spiro atoms. The van der Waals surface area contributed by atoms with Crippen LogP contribution in [0.2, 0.25) is 0 Å². The van der Waals surface area contributed by atoms with Gasteiger partial charge in [0.05, 0.1) is 9.82 Å². The molecule has 1 heterocycles. The van der Waals surface area contributed by atoms with Crippen LogP contribution in [0, 0.1) is 17.0 Å². The van der Waals surface area contributed by atoms with Crippen LogP contribution in [-0.2, 0) is 10.0 Å². The Morgan fingerprint density at radius 2 is 1.95 bits per heavy atom. The van der Waals surface area contributed by atoms with Crippen molar-refractivity contribution < 1.29 is 18.4 Å². The van der Waals surface area contributed by atoms with Gasteiger partial charge in [0.15, 0.2) is 0 Å². The molecule has 0 radical (unpaired) electrons. The number of sulfonamides is 1. The van der Waals surface area contributed by atoms with Gasteiger partial charge in [-0.25, -0.2) is 13.1 Å². The molecule has 118 valence electrons. The van der Waals surface area contributed by atoms with E-state index < -0.39 is 21.1 Å². The lowest BCUT2D eigenvalue weighted by Crippen LogP contribution is -2.28. The van der Waals surface area contributed by atoms with Crippen molar-refractivity contribution in [2.45, 2.75) is 17.9 Å². The zero-order valence-corrected chi connectivity index (χ0v) is 13.2. The predicted octanol–water partition coefficient (Wildman–Crippen LogP) is 1.98. The second kappa shape index (κ2) is 6.53. The first-order valence-electron chi connectivity index (χ1n) is 6.27. The molecule has 1 unspecified atom stereocenters. The zero-order valence-electron chi connectivity index (χ0n) is 11.6. The fourth-order valence-electron chi connectivity index (χ4n) is 1.84. The van der Waals surface area contributed by atoms with Gasteiger partial charge >= 0.3 is 0 Å². The number of aryl methyl sites for hydroxylation is 1.